The molecule has 2 amide bonds. The SMILES string of the molecule is CCCN1CCC(NC(=NC)NCCCCN2C(=O)c3ccccc3C2=O)CC1.I. The van der Waals surface area contributed by atoms with Gasteiger partial charge in [-0.25, -0.2) is 0 Å². The molecule has 0 bridgehead atoms. The maximum atomic E-state index is 12.4. The van der Waals surface area contributed by atoms with Gasteiger partial charge in [0.05, 0.1) is 11.1 Å². The third-order valence-corrected chi connectivity index (χ3v) is 5.67. The van der Waals surface area contributed by atoms with Crippen molar-refractivity contribution >= 4 is 41.8 Å². The van der Waals surface area contributed by atoms with Crippen LogP contribution in [0.25, 0.3) is 0 Å². The number of nitrogens with zero attached hydrogens (tertiary/aromatic N) is 3. The molecule has 0 aliphatic carbocycles. The van der Waals surface area contributed by atoms with Crippen LogP contribution < -0.4 is 10.6 Å². The van der Waals surface area contributed by atoms with E-state index in [9.17, 15) is 9.59 Å². The Labute approximate surface area is 196 Å². The van der Waals surface area contributed by atoms with E-state index < -0.39 is 0 Å². The monoisotopic (exact) mass is 527 g/mol. The number of hydrogen-bond donors (Lipinski definition) is 2. The first-order chi connectivity index (χ1) is 14.1. The lowest BCUT2D eigenvalue weighted by Gasteiger charge is -2.32. The summed E-state index contributed by atoms with van der Waals surface area (Å²) in [7, 11) is 1.79. The van der Waals surface area contributed by atoms with E-state index in [-0.39, 0.29) is 35.8 Å². The Morgan fingerprint density at radius 2 is 1.70 bits per heavy atom. The molecule has 0 saturated carbocycles. The van der Waals surface area contributed by atoms with Gasteiger partial charge in [0.15, 0.2) is 5.96 Å². The molecule has 1 saturated heterocycles. The molecule has 3 rings (SSSR count). The first-order valence-corrected chi connectivity index (χ1v) is 10.8. The number of amides is 2. The maximum absolute atomic E-state index is 12.4. The van der Waals surface area contributed by atoms with E-state index in [4.69, 9.17) is 0 Å². The fourth-order valence-electron chi connectivity index (χ4n) is 4.05. The number of fused-ring (bicyclic) bond motifs is 1. The minimum atomic E-state index is -0.176. The van der Waals surface area contributed by atoms with Crippen LogP contribution in [0.5, 0.6) is 0 Å². The zero-order valence-electron chi connectivity index (χ0n) is 18.0. The number of piperidine rings is 1. The summed E-state index contributed by atoms with van der Waals surface area (Å²) in [5, 5.41) is 6.87. The molecule has 1 aromatic carbocycles. The molecule has 0 spiro atoms. The minimum Gasteiger partial charge on any atom is -0.356 e. The third kappa shape index (κ3) is 6.16. The lowest BCUT2D eigenvalue weighted by molar-refractivity contribution is 0.0652. The predicted molar refractivity (Wildman–Crippen MR) is 131 cm³/mol. The Kier molecular flexibility index (Phi) is 10.0. The van der Waals surface area contributed by atoms with Gasteiger partial charge in [-0.15, -0.1) is 24.0 Å². The maximum Gasteiger partial charge on any atom is 0.261 e. The largest absolute Gasteiger partial charge is 0.356 e. The van der Waals surface area contributed by atoms with Crippen molar-refractivity contribution in [3.8, 4) is 0 Å². The highest BCUT2D eigenvalue weighted by atomic mass is 127. The molecule has 166 valence electrons. The Balaban J connectivity index is 0.00000320. The summed E-state index contributed by atoms with van der Waals surface area (Å²) in [4.78, 5) is 32.9. The van der Waals surface area contributed by atoms with Gasteiger partial charge < -0.3 is 15.5 Å². The molecule has 2 aliphatic heterocycles. The molecule has 1 aromatic rings. The zero-order valence-corrected chi connectivity index (χ0v) is 20.4. The van der Waals surface area contributed by atoms with Crippen LogP contribution in [-0.4, -0.2) is 73.4 Å². The van der Waals surface area contributed by atoms with E-state index in [0.29, 0.717) is 23.7 Å². The van der Waals surface area contributed by atoms with E-state index in [1.54, 1.807) is 31.3 Å². The summed E-state index contributed by atoms with van der Waals surface area (Å²) in [6, 6.07) is 7.50. The number of halogens is 1. The number of benzene rings is 1. The van der Waals surface area contributed by atoms with Gasteiger partial charge >= 0.3 is 0 Å². The number of unbranched alkanes of at least 4 members (excludes halogenated alkanes) is 1. The lowest BCUT2D eigenvalue weighted by Crippen LogP contribution is -2.48. The molecule has 2 heterocycles. The van der Waals surface area contributed by atoms with E-state index in [2.05, 4.69) is 27.4 Å². The molecule has 2 N–H and O–H groups in total. The fourth-order valence-corrected chi connectivity index (χ4v) is 4.05. The van der Waals surface area contributed by atoms with Crippen LogP contribution in [0.15, 0.2) is 29.3 Å². The van der Waals surface area contributed by atoms with E-state index in [0.717, 1.165) is 51.3 Å². The number of carbonyl (C=O) groups excluding carboxylic acids is 2. The van der Waals surface area contributed by atoms with E-state index in [1.165, 1.54) is 17.9 Å². The van der Waals surface area contributed by atoms with Crippen LogP contribution in [0.1, 0.15) is 59.7 Å². The number of likely N-dealkylation sites (tertiary alicyclic amines) is 1. The van der Waals surface area contributed by atoms with Crippen molar-refractivity contribution in [2.75, 3.05) is 39.8 Å². The van der Waals surface area contributed by atoms with Gasteiger partial charge in [-0.05, 0) is 50.8 Å². The standard InChI is InChI=1S/C22H33N5O2.HI/c1-3-13-26-15-10-17(11-16-26)25-22(23-2)24-12-6-7-14-27-20(28)18-8-4-5-9-19(18)21(27)29;/h4-5,8-9,17H,3,6-7,10-16H2,1-2H3,(H2,23,24,25);1H. The fraction of sp³-hybridized carbons (Fsp3) is 0.591. The van der Waals surface area contributed by atoms with Gasteiger partial charge in [0.2, 0.25) is 0 Å². The van der Waals surface area contributed by atoms with Crippen molar-refractivity contribution in [3.05, 3.63) is 35.4 Å². The lowest BCUT2D eigenvalue weighted by atomic mass is 10.1. The van der Waals surface area contributed by atoms with Crippen LogP contribution in [0.2, 0.25) is 0 Å². The van der Waals surface area contributed by atoms with Crippen molar-refractivity contribution < 1.29 is 9.59 Å². The number of carbonyl (C=O) groups is 2. The van der Waals surface area contributed by atoms with Gasteiger partial charge in [0.1, 0.15) is 0 Å². The van der Waals surface area contributed by atoms with Gasteiger partial charge in [-0.2, -0.15) is 0 Å². The molecule has 0 radical (unpaired) electrons. The Morgan fingerprint density at radius 3 is 2.27 bits per heavy atom. The Bertz CT molecular complexity index is 712. The van der Waals surface area contributed by atoms with Crippen LogP contribution in [0, 0.1) is 0 Å². The second kappa shape index (κ2) is 12.2. The van der Waals surface area contributed by atoms with Crippen molar-refractivity contribution in [2.24, 2.45) is 4.99 Å². The predicted octanol–water partition coefficient (Wildman–Crippen LogP) is 2.72. The van der Waals surface area contributed by atoms with Crippen LogP contribution in [-0.2, 0) is 0 Å². The molecule has 0 unspecified atom stereocenters. The number of hydrogen-bond acceptors (Lipinski definition) is 4. The Morgan fingerprint density at radius 1 is 1.07 bits per heavy atom. The molecular formula is C22H34IN5O2. The van der Waals surface area contributed by atoms with E-state index >= 15 is 0 Å². The van der Waals surface area contributed by atoms with Gasteiger partial charge in [0.25, 0.3) is 11.8 Å². The number of imide groups is 1. The average molecular weight is 527 g/mol. The average Bonchev–Trinajstić information content (AvgIpc) is 2.99. The summed E-state index contributed by atoms with van der Waals surface area (Å²) < 4.78 is 0. The summed E-state index contributed by atoms with van der Waals surface area (Å²) in [6.07, 6.45) is 5.12. The summed E-state index contributed by atoms with van der Waals surface area (Å²) in [6.45, 7) is 6.91. The quantitative estimate of drug-likeness (QED) is 0.179. The zero-order chi connectivity index (χ0) is 20.6. The molecule has 30 heavy (non-hydrogen) atoms. The first kappa shape index (κ1) is 24.6. The smallest absolute Gasteiger partial charge is 0.261 e. The number of guanidine groups is 1. The van der Waals surface area contributed by atoms with E-state index in [1.807, 2.05) is 0 Å². The second-order valence-corrected chi connectivity index (χ2v) is 7.77. The highest BCUT2D eigenvalue weighted by Gasteiger charge is 2.34. The Hall–Kier alpha value is -1.68. The second-order valence-electron chi connectivity index (χ2n) is 7.77. The van der Waals surface area contributed by atoms with Crippen LogP contribution >= 0.6 is 24.0 Å². The molecule has 1 fully saturated rings. The van der Waals surface area contributed by atoms with Gasteiger partial charge in [0, 0.05) is 39.3 Å². The van der Waals surface area contributed by atoms with Crippen molar-refractivity contribution in [2.45, 2.75) is 45.1 Å². The molecule has 0 aromatic heterocycles. The number of nitrogens with one attached hydrogen (secondary N) is 2. The van der Waals surface area contributed by atoms with Crippen LogP contribution in [0.4, 0.5) is 0 Å². The minimum absolute atomic E-state index is 0. The summed E-state index contributed by atoms with van der Waals surface area (Å²) in [5.41, 5.74) is 1.04. The summed E-state index contributed by atoms with van der Waals surface area (Å²) >= 11 is 0. The van der Waals surface area contributed by atoms with Crippen LogP contribution in [0.3, 0.4) is 0 Å². The van der Waals surface area contributed by atoms with Gasteiger partial charge in [-0.3, -0.25) is 19.5 Å². The molecular weight excluding hydrogens is 493 g/mol. The highest BCUT2D eigenvalue weighted by Crippen LogP contribution is 2.22. The highest BCUT2D eigenvalue weighted by molar-refractivity contribution is 14.0. The van der Waals surface area contributed by atoms with Crippen molar-refractivity contribution in [3.63, 3.8) is 0 Å². The molecule has 2 aliphatic rings. The van der Waals surface area contributed by atoms with Crippen molar-refractivity contribution in [1.29, 1.82) is 0 Å². The first-order valence-electron chi connectivity index (χ1n) is 10.8. The normalized spacial score (nSPS) is 17.7. The molecule has 0 atom stereocenters. The molecule has 8 heteroatoms. The topological polar surface area (TPSA) is 77.0 Å². The molecule has 7 nitrogen and oxygen atoms in total. The van der Waals surface area contributed by atoms with Crippen molar-refractivity contribution in [1.82, 2.24) is 20.4 Å². The third-order valence-electron chi connectivity index (χ3n) is 5.67. The number of rotatable bonds is 8. The number of aliphatic imine (C=N–C) groups is 1. The summed E-state index contributed by atoms with van der Waals surface area (Å²) in [5.74, 6) is 0.482. The van der Waals surface area contributed by atoms with Gasteiger partial charge in [-0.1, -0.05) is 19.1 Å².